The smallest absolute Gasteiger partial charge is 0.0124 e. The highest BCUT2D eigenvalue weighted by Gasteiger charge is 2.39. The highest BCUT2D eigenvalue weighted by atomic mass is 15.2. The molecule has 0 amide bonds. The summed E-state index contributed by atoms with van der Waals surface area (Å²) in [6.07, 6.45) is 11.6. The Balaban J connectivity index is 1.65. The molecule has 21 heavy (non-hydrogen) atoms. The highest BCUT2D eigenvalue weighted by molar-refractivity contribution is 4.94. The minimum atomic E-state index is 0.557. The van der Waals surface area contributed by atoms with E-state index in [1.807, 2.05) is 0 Å². The van der Waals surface area contributed by atoms with Crippen LogP contribution in [-0.2, 0) is 0 Å². The van der Waals surface area contributed by atoms with Crippen LogP contribution < -0.4 is 5.32 Å². The van der Waals surface area contributed by atoms with Crippen molar-refractivity contribution in [2.45, 2.75) is 84.2 Å². The van der Waals surface area contributed by atoms with Crippen LogP contribution in [0.3, 0.4) is 0 Å². The van der Waals surface area contributed by atoms with Crippen molar-refractivity contribution < 1.29 is 0 Å². The Kier molecular flexibility index (Phi) is 4.95. The largest absolute Gasteiger partial charge is 0.314 e. The average Bonchev–Trinajstić information content (AvgIpc) is 2.91. The number of nitrogens with zero attached hydrogens (tertiary/aromatic N) is 1. The maximum Gasteiger partial charge on any atom is 0.0124 e. The summed E-state index contributed by atoms with van der Waals surface area (Å²) < 4.78 is 0. The quantitative estimate of drug-likeness (QED) is 0.841. The number of hydrogen-bond donors (Lipinski definition) is 1. The van der Waals surface area contributed by atoms with Crippen LogP contribution in [-0.4, -0.2) is 36.6 Å². The third-order valence-electron chi connectivity index (χ3n) is 6.56. The molecule has 2 heteroatoms. The molecule has 0 aromatic carbocycles. The van der Waals surface area contributed by atoms with Crippen LogP contribution in [0.25, 0.3) is 0 Å². The molecule has 0 radical (unpaired) electrons. The molecule has 3 aliphatic rings. The first-order chi connectivity index (χ1) is 10.1. The molecule has 4 unspecified atom stereocenters. The lowest BCUT2D eigenvalue weighted by molar-refractivity contribution is 0.0512. The van der Waals surface area contributed by atoms with E-state index in [0.29, 0.717) is 5.41 Å². The molecule has 3 rings (SSSR count). The monoisotopic (exact) mass is 292 g/mol. The van der Waals surface area contributed by atoms with E-state index >= 15 is 0 Å². The normalized spacial score (nSPS) is 40.1. The predicted molar refractivity (Wildman–Crippen MR) is 90.5 cm³/mol. The maximum absolute atomic E-state index is 3.79. The number of hydrogen-bond acceptors (Lipinski definition) is 2. The van der Waals surface area contributed by atoms with Crippen molar-refractivity contribution in [3.63, 3.8) is 0 Å². The van der Waals surface area contributed by atoms with E-state index in [1.54, 1.807) is 0 Å². The maximum atomic E-state index is 3.79. The van der Waals surface area contributed by atoms with E-state index in [0.717, 1.165) is 30.5 Å². The third kappa shape index (κ3) is 3.64. The summed E-state index contributed by atoms with van der Waals surface area (Å²) in [6, 6.07) is 1.70. The number of likely N-dealkylation sites (tertiary alicyclic amines) is 1. The lowest BCUT2D eigenvalue weighted by atomic mass is 9.69. The zero-order chi connectivity index (χ0) is 14.9. The van der Waals surface area contributed by atoms with Gasteiger partial charge in [-0.2, -0.15) is 0 Å². The number of piperidine rings is 1. The molecule has 0 aromatic heterocycles. The SMILES string of the molecule is CCNC1CCC(C)(C)CC1CN1CCCC2CCCC21. The molecule has 2 aliphatic carbocycles. The molecule has 2 nitrogen and oxygen atoms in total. The van der Waals surface area contributed by atoms with E-state index in [-0.39, 0.29) is 0 Å². The van der Waals surface area contributed by atoms with Crippen LogP contribution in [0.15, 0.2) is 0 Å². The third-order valence-corrected chi connectivity index (χ3v) is 6.56. The van der Waals surface area contributed by atoms with Crippen molar-refractivity contribution in [2.75, 3.05) is 19.6 Å². The first-order valence-electron chi connectivity index (χ1n) is 9.56. The van der Waals surface area contributed by atoms with E-state index in [4.69, 9.17) is 0 Å². The fraction of sp³-hybridized carbons (Fsp3) is 1.00. The minimum Gasteiger partial charge on any atom is -0.314 e. The Morgan fingerprint density at radius 1 is 1.10 bits per heavy atom. The van der Waals surface area contributed by atoms with E-state index < -0.39 is 0 Å². The van der Waals surface area contributed by atoms with Gasteiger partial charge < -0.3 is 5.32 Å². The molecule has 122 valence electrons. The molecule has 4 atom stereocenters. The van der Waals surface area contributed by atoms with Crippen molar-refractivity contribution in [3.05, 3.63) is 0 Å². The summed E-state index contributed by atoms with van der Waals surface area (Å²) in [4.78, 5) is 2.90. The van der Waals surface area contributed by atoms with Gasteiger partial charge in [-0.15, -0.1) is 0 Å². The molecular formula is C19H36N2. The predicted octanol–water partition coefficient (Wildman–Crippen LogP) is 4.06. The summed E-state index contributed by atoms with van der Waals surface area (Å²) in [5, 5.41) is 3.79. The molecule has 0 spiro atoms. The van der Waals surface area contributed by atoms with Gasteiger partial charge in [-0.3, -0.25) is 4.90 Å². The van der Waals surface area contributed by atoms with Crippen molar-refractivity contribution in [3.8, 4) is 0 Å². The second-order valence-electron chi connectivity index (χ2n) is 8.73. The molecule has 1 heterocycles. The molecular weight excluding hydrogens is 256 g/mol. The summed E-state index contributed by atoms with van der Waals surface area (Å²) >= 11 is 0. The van der Waals surface area contributed by atoms with Crippen LogP contribution >= 0.6 is 0 Å². The van der Waals surface area contributed by atoms with Crippen LogP contribution in [0, 0.1) is 17.3 Å². The summed E-state index contributed by atoms with van der Waals surface area (Å²) in [5.41, 5.74) is 0.557. The van der Waals surface area contributed by atoms with Crippen molar-refractivity contribution in [1.82, 2.24) is 10.2 Å². The molecule has 2 saturated carbocycles. The van der Waals surface area contributed by atoms with Crippen molar-refractivity contribution in [1.29, 1.82) is 0 Å². The van der Waals surface area contributed by atoms with Gasteiger partial charge in [0.05, 0.1) is 0 Å². The van der Waals surface area contributed by atoms with Gasteiger partial charge in [0.1, 0.15) is 0 Å². The van der Waals surface area contributed by atoms with Gasteiger partial charge in [-0.05, 0) is 75.3 Å². The number of fused-ring (bicyclic) bond motifs is 1. The Bertz CT molecular complexity index is 338. The van der Waals surface area contributed by atoms with Gasteiger partial charge in [0.2, 0.25) is 0 Å². The van der Waals surface area contributed by atoms with Gasteiger partial charge in [0.25, 0.3) is 0 Å². The molecule has 1 aliphatic heterocycles. The Labute approximate surface area is 132 Å². The first kappa shape index (κ1) is 15.8. The first-order valence-corrected chi connectivity index (χ1v) is 9.56. The van der Waals surface area contributed by atoms with Crippen molar-refractivity contribution in [2.24, 2.45) is 17.3 Å². The van der Waals surface area contributed by atoms with E-state index in [1.165, 1.54) is 64.5 Å². The Morgan fingerprint density at radius 2 is 1.90 bits per heavy atom. The second kappa shape index (κ2) is 6.58. The average molecular weight is 293 g/mol. The van der Waals surface area contributed by atoms with Gasteiger partial charge in [0, 0.05) is 18.6 Å². The fourth-order valence-corrected chi connectivity index (χ4v) is 5.54. The summed E-state index contributed by atoms with van der Waals surface area (Å²) in [6.45, 7) is 11.1. The van der Waals surface area contributed by atoms with Crippen LogP contribution in [0.1, 0.15) is 72.1 Å². The van der Waals surface area contributed by atoms with E-state index in [2.05, 4.69) is 31.0 Å². The van der Waals surface area contributed by atoms with Gasteiger partial charge >= 0.3 is 0 Å². The molecule has 1 N–H and O–H groups in total. The zero-order valence-electron chi connectivity index (χ0n) is 14.5. The summed E-state index contributed by atoms with van der Waals surface area (Å²) in [5.74, 6) is 1.90. The summed E-state index contributed by atoms with van der Waals surface area (Å²) in [7, 11) is 0. The van der Waals surface area contributed by atoms with Crippen molar-refractivity contribution >= 4 is 0 Å². The standard InChI is InChI=1S/C19H36N2/c1-4-20-17-10-11-19(2,3)13-16(17)14-21-12-6-8-15-7-5-9-18(15)21/h15-18,20H,4-14H2,1-3H3. The lowest BCUT2D eigenvalue weighted by Gasteiger charge is -2.46. The van der Waals surface area contributed by atoms with Crippen LogP contribution in [0.5, 0.6) is 0 Å². The molecule has 1 saturated heterocycles. The van der Waals surface area contributed by atoms with Crippen LogP contribution in [0.2, 0.25) is 0 Å². The lowest BCUT2D eigenvalue weighted by Crippen LogP contribution is -2.51. The zero-order valence-corrected chi connectivity index (χ0v) is 14.5. The topological polar surface area (TPSA) is 15.3 Å². The number of rotatable bonds is 4. The van der Waals surface area contributed by atoms with Gasteiger partial charge in [-0.1, -0.05) is 27.2 Å². The van der Waals surface area contributed by atoms with Crippen LogP contribution in [0.4, 0.5) is 0 Å². The fourth-order valence-electron chi connectivity index (χ4n) is 5.54. The second-order valence-corrected chi connectivity index (χ2v) is 8.73. The van der Waals surface area contributed by atoms with E-state index in [9.17, 15) is 0 Å². The molecule has 0 aromatic rings. The Hall–Kier alpha value is -0.0800. The number of nitrogens with one attached hydrogen (secondary N) is 1. The minimum absolute atomic E-state index is 0.557. The van der Waals surface area contributed by atoms with Gasteiger partial charge in [-0.25, -0.2) is 0 Å². The molecule has 0 bridgehead atoms. The van der Waals surface area contributed by atoms with Gasteiger partial charge in [0.15, 0.2) is 0 Å². The molecule has 3 fully saturated rings. The Morgan fingerprint density at radius 3 is 2.71 bits per heavy atom. The highest BCUT2D eigenvalue weighted by Crippen LogP contribution is 2.42.